The standard InChI is InChI=1S/C21H22FN7/c1-12(2)17-11-25-29-20(17)27-19(14-7-15(22)10-23-9-14)28-21(29)26-16-3-4-18-13(8-16)5-6-24-18/h5-7,9-12,16,24H,3-4,8H2,1-2H3,(H,26,27,28)/t16-/m0/s1. The summed E-state index contributed by atoms with van der Waals surface area (Å²) in [4.78, 5) is 16.6. The first kappa shape index (κ1) is 17.8. The number of hydrogen-bond acceptors (Lipinski definition) is 5. The Hall–Kier alpha value is -3.29. The molecule has 7 nitrogen and oxygen atoms in total. The molecule has 148 valence electrons. The first-order chi connectivity index (χ1) is 14.1. The first-order valence-corrected chi connectivity index (χ1v) is 9.86. The quantitative estimate of drug-likeness (QED) is 0.554. The Bertz CT molecular complexity index is 1180. The van der Waals surface area contributed by atoms with Crippen LogP contribution >= 0.6 is 0 Å². The molecule has 0 aromatic carbocycles. The Morgan fingerprint density at radius 2 is 2.14 bits per heavy atom. The molecule has 0 radical (unpaired) electrons. The molecular formula is C21H22FN7. The molecule has 0 amide bonds. The van der Waals surface area contributed by atoms with Gasteiger partial charge in [-0.15, -0.1) is 0 Å². The number of aromatic nitrogens is 6. The van der Waals surface area contributed by atoms with E-state index in [2.05, 4.69) is 50.3 Å². The molecule has 0 aliphatic heterocycles. The minimum Gasteiger partial charge on any atom is -0.365 e. The van der Waals surface area contributed by atoms with Gasteiger partial charge in [0.25, 0.3) is 0 Å². The molecule has 4 heterocycles. The Kier molecular flexibility index (Phi) is 4.26. The number of nitrogens with one attached hydrogen (secondary N) is 2. The second kappa shape index (κ2) is 6.95. The molecule has 1 atom stereocenters. The molecule has 0 fully saturated rings. The molecule has 1 aliphatic rings. The fraction of sp³-hybridized carbons (Fsp3) is 0.333. The van der Waals surface area contributed by atoms with Gasteiger partial charge in [-0.2, -0.15) is 14.6 Å². The number of hydrogen-bond donors (Lipinski definition) is 2. The van der Waals surface area contributed by atoms with Crippen LogP contribution in [0.5, 0.6) is 0 Å². The van der Waals surface area contributed by atoms with Crippen LogP contribution < -0.4 is 5.32 Å². The minimum atomic E-state index is -0.412. The Morgan fingerprint density at radius 1 is 1.24 bits per heavy atom. The average Bonchev–Trinajstić information content (AvgIpc) is 3.34. The van der Waals surface area contributed by atoms with Gasteiger partial charge in [0.2, 0.25) is 5.95 Å². The van der Waals surface area contributed by atoms with Crippen LogP contribution in [0.15, 0.2) is 36.9 Å². The van der Waals surface area contributed by atoms with Crippen LogP contribution in [0.1, 0.15) is 43.0 Å². The second-order valence-electron chi connectivity index (χ2n) is 7.82. The molecule has 8 heteroatoms. The van der Waals surface area contributed by atoms with E-state index in [9.17, 15) is 4.39 Å². The highest BCUT2D eigenvalue weighted by atomic mass is 19.1. The predicted molar refractivity (Wildman–Crippen MR) is 108 cm³/mol. The van der Waals surface area contributed by atoms with Crippen LogP contribution in [0.3, 0.4) is 0 Å². The van der Waals surface area contributed by atoms with Crippen LogP contribution in [0.4, 0.5) is 10.3 Å². The highest BCUT2D eigenvalue weighted by Gasteiger charge is 2.22. The van der Waals surface area contributed by atoms with E-state index >= 15 is 0 Å². The maximum absolute atomic E-state index is 13.7. The molecule has 4 aromatic heterocycles. The largest absolute Gasteiger partial charge is 0.365 e. The summed E-state index contributed by atoms with van der Waals surface area (Å²) in [5, 5.41) is 8.08. The topological polar surface area (TPSA) is 83.8 Å². The highest BCUT2D eigenvalue weighted by Crippen LogP contribution is 2.27. The Labute approximate surface area is 167 Å². The molecule has 0 spiro atoms. The number of H-pyrrole nitrogens is 1. The molecule has 29 heavy (non-hydrogen) atoms. The molecule has 0 saturated heterocycles. The SMILES string of the molecule is CC(C)c1cnn2c(N[C@H]3CCc4[nH]ccc4C3)nc(-c3cncc(F)c3)nc12. The van der Waals surface area contributed by atoms with Crippen LogP contribution in [-0.2, 0) is 12.8 Å². The van der Waals surface area contributed by atoms with E-state index in [1.807, 2.05) is 12.4 Å². The van der Waals surface area contributed by atoms with Crippen LogP contribution in [0, 0.1) is 5.82 Å². The van der Waals surface area contributed by atoms with Gasteiger partial charge in [-0.25, -0.2) is 9.37 Å². The lowest BCUT2D eigenvalue weighted by atomic mass is 9.93. The number of pyridine rings is 1. The van der Waals surface area contributed by atoms with Crippen molar-refractivity contribution in [2.24, 2.45) is 0 Å². The van der Waals surface area contributed by atoms with Crippen molar-refractivity contribution >= 4 is 11.6 Å². The minimum absolute atomic E-state index is 0.238. The van der Waals surface area contributed by atoms with Gasteiger partial charge in [0.15, 0.2) is 11.5 Å². The van der Waals surface area contributed by atoms with Gasteiger partial charge in [-0.3, -0.25) is 4.98 Å². The lowest BCUT2D eigenvalue weighted by Crippen LogP contribution is -2.28. The van der Waals surface area contributed by atoms with Crippen molar-refractivity contribution in [2.75, 3.05) is 5.32 Å². The van der Waals surface area contributed by atoms with Gasteiger partial charge in [0, 0.05) is 35.3 Å². The van der Waals surface area contributed by atoms with Crippen molar-refractivity contribution < 1.29 is 4.39 Å². The van der Waals surface area contributed by atoms with Crippen molar-refractivity contribution in [2.45, 2.75) is 45.1 Å². The van der Waals surface area contributed by atoms with Crippen LogP contribution in [-0.4, -0.2) is 35.6 Å². The summed E-state index contributed by atoms with van der Waals surface area (Å²) in [6.45, 7) is 4.20. The van der Waals surface area contributed by atoms with E-state index in [-0.39, 0.29) is 12.0 Å². The van der Waals surface area contributed by atoms with Crippen molar-refractivity contribution in [3.05, 3.63) is 59.6 Å². The lowest BCUT2D eigenvalue weighted by molar-refractivity contribution is 0.597. The first-order valence-electron chi connectivity index (χ1n) is 9.86. The summed E-state index contributed by atoms with van der Waals surface area (Å²) < 4.78 is 15.5. The third kappa shape index (κ3) is 3.24. The van der Waals surface area contributed by atoms with Gasteiger partial charge in [0.05, 0.1) is 12.4 Å². The zero-order chi connectivity index (χ0) is 20.0. The number of rotatable bonds is 4. The third-order valence-corrected chi connectivity index (χ3v) is 5.45. The van der Waals surface area contributed by atoms with Gasteiger partial charge < -0.3 is 10.3 Å². The normalized spacial score (nSPS) is 16.3. The molecule has 1 aliphatic carbocycles. The highest BCUT2D eigenvalue weighted by molar-refractivity contribution is 5.62. The maximum atomic E-state index is 13.7. The molecule has 5 rings (SSSR count). The lowest BCUT2D eigenvalue weighted by Gasteiger charge is -2.24. The molecular weight excluding hydrogens is 369 g/mol. The summed E-state index contributed by atoms with van der Waals surface area (Å²) in [6.07, 6.45) is 9.48. The number of nitrogens with zero attached hydrogens (tertiary/aromatic N) is 5. The monoisotopic (exact) mass is 391 g/mol. The van der Waals surface area contributed by atoms with E-state index in [4.69, 9.17) is 0 Å². The molecule has 0 bridgehead atoms. The molecule has 4 aromatic rings. The second-order valence-corrected chi connectivity index (χ2v) is 7.82. The summed E-state index contributed by atoms with van der Waals surface area (Å²) >= 11 is 0. The van der Waals surface area contributed by atoms with E-state index in [1.54, 1.807) is 10.7 Å². The van der Waals surface area contributed by atoms with E-state index in [1.165, 1.54) is 23.5 Å². The van der Waals surface area contributed by atoms with Crippen molar-refractivity contribution in [3.63, 3.8) is 0 Å². The number of fused-ring (bicyclic) bond motifs is 2. The Morgan fingerprint density at radius 3 is 2.97 bits per heavy atom. The number of aromatic amines is 1. The summed E-state index contributed by atoms with van der Waals surface area (Å²) in [5.74, 6) is 0.897. The van der Waals surface area contributed by atoms with E-state index in [0.717, 1.165) is 30.5 Å². The zero-order valence-corrected chi connectivity index (χ0v) is 16.4. The smallest absolute Gasteiger partial charge is 0.228 e. The van der Waals surface area contributed by atoms with Gasteiger partial charge in [-0.1, -0.05) is 13.8 Å². The van der Waals surface area contributed by atoms with Gasteiger partial charge in [-0.05, 0) is 42.9 Å². The van der Waals surface area contributed by atoms with Crippen LogP contribution in [0.25, 0.3) is 17.0 Å². The summed E-state index contributed by atoms with van der Waals surface area (Å²) in [6, 6.07) is 3.77. The van der Waals surface area contributed by atoms with E-state index in [0.29, 0.717) is 17.3 Å². The molecule has 0 unspecified atom stereocenters. The predicted octanol–water partition coefficient (Wildman–Crippen LogP) is 3.75. The molecule has 2 N–H and O–H groups in total. The Balaban J connectivity index is 1.58. The van der Waals surface area contributed by atoms with E-state index < -0.39 is 5.82 Å². The fourth-order valence-electron chi connectivity index (χ4n) is 3.91. The molecule has 0 saturated carbocycles. The third-order valence-electron chi connectivity index (χ3n) is 5.45. The van der Waals surface area contributed by atoms with Crippen molar-refractivity contribution in [1.29, 1.82) is 0 Å². The van der Waals surface area contributed by atoms with Crippen molar-refractivity contribution in [3.8, 4) is 11.4 Å². The number of anilines is 1. The summed E-state index contributed by atoms with van der Waals surface area (Å²) in [7, 11) is 0. The van der Waals surface area contributed by atoms with Gasteiger partial charge >= 0.3 is 0 Å². The van der Waals surface area contributed by atoms with Gasteiger partial charge in [0.1, 0.15) is 5.82 Å². The maximum Gasteiger partial charge on any atom is 0.228 e. The fourth-order valence-corrected chi connectivity index (χ4v) is 3.91. The summed E-state index contributed by atoms with van der Waals surface area (Å²) in [5.41, 5.74) is 4.94. The average molecular weight is 391 g/mol. The van der Waals surface area contributed by atoms with Crippen LogP contribution in [0.2, 0.25) is 0 Å². The zero-order valence-electron chi connectivity index (χ0n) is 16.4. The number of halogens is 1. The van der Waals surface area contributed by atoms with Crippen molar-refractivity contribution in [1.82, 2.24) is 29.5 Å². The number of aryl methyl sites for hydroxylation is 1.